The van der Waals surface area contributed by atoms with Crippen LogP contribution in [0.3, 0.4) is 0 Å². The standard InChI is InChI=1S/C20H26N4O3/c1-13-6-7-14(2)18(11-13)24-19(26)9-8-17(22-24)20(27)23-10-4-5-16(12-23)21-15(3)25/h6-7,11,16H,4-5,8-10,12H2,1-3H3,(H,21,25). The number of hydrazone groups is 1. The number of aryl methyl sites for hydroxylation is 2. The van der Waals surface area contributed by atoms with E-state index >= 15 is 0 Å². The van der Waals surface area contributed by atoms with Crippen LogP contribution in [0.25, 0.3) is 0 Å². The van der Waals surface area contributed by atoms with Crippen LogP contribution in [0.5, 0.6) is 0 Å². The molecule has 2 aliphatic heterocycles. The summed E-state index contributed by atoms with van der Waals surface area (Å²) < 4.78 is 0. The molecule has 1 atom stereocenters. The Balaban J connectivity index is 1.81. The summed E-state index contributed by atoms with van der Waals surface area (Å²) in [5.41, 5.74) is 3.10. The van der Waals surface area contributed by atoms with Gasteiger partial charge in [-0.2, -0.15) is 5.10 Å². The summed E-state index contributed by atoms with van der Waals surface area (Å²) >= 11 is 0. The molecule has 0 aliphatic carbocycles. The van der Waals surface area contributed by atoms with Gasteiger partial charge in [-0.15, -0.1) is 0 Å². The van der Waals surface area contributed by atoms with Crippen molar-refractivity contribution in [3.05, 3.63) is 29.3 Å². The Hall–Kier alpha value is -2.70. The van der Waals surface area contributed by atoms with E-state index < -0.39 is 0 Å². The number of carbonyl (C=O) groups is 3. The molecule has 144 valence electrons. The molecule has 7 nitrogen and oxygen atoms in total. The molecule has 1 saturated heterocycles. The molecule has 27 heavy (non-hydrogen) atoms. The van der Waals surface area contributed by atoms with Gasteiger partial charge < -0.3 is 10.2 Å². The van der Waals surface area contributed by atoms with E-state index in [1.54, 1.807) is 4.90 Å². The van der Waals surface area contributed by atoms with E-state index in [1.165, 1.54) is 11.9 Å². The first-order chi connectivity index (χ1) is 12.8. The number of anilines is 1. The third-order valence-electron chi connectivity index (χ3n) is 4.99. The van der Waals surface area contributed by atoms with Gasteiger partial charge in [-0.05, 0) is 43.9 Å². The Morgan fingerprint density at radius 1 is 1.22 bits per heavy atom. The summed E-state index contributed by atoms with van der Waals surface area (Å²) in [5.74, 6) is -0.334. The molecule has 1 unspecified atom stereocenters. The zero-order valence-corrected chi connectivity index (χ0v) is 16.1. The average Bonchev–Trinajstić information content (AvgIpc) is 2.63. The zero-order valence-electron chi connectivity index (χ0n) is 16.1. The maximum absolute atomic E-state index is 13.0. The number of hydrogen-bond donors (Lipinski definition) is 1. The van der Waals surface area contributed by atoms with Crippen molar-refractivity contribution < 1.29 is 14.4 Å². The van der Waals surface area contributed by atoms with Crippen molar-refractivity contribution in [3.63, 3.8) is 0 Å². The molecule has 0 radical (unpaired) electrons. The third kappa shape index (κ3) is 4.35. The van der Waals surface area contributed by atoms with E-state index in [-0.39, 0.29) is 30.2 Å². The molecule has 0 spiro atoms. The molecule has 0 bridgehead atoms. The highest BCUT2D eigenvalue weighted by Gasteiger charge is 2.31. The van der Waals surface area contributed by atoms with Crippen LogP contribution < -0.4 is 10.3 Å². The van der Waals surface area contributed by atoms with Crippen LogP contribution in [-0.2, 0) is 14.4 Å². The summed E-state index contributed by atoms with van der Waals surface area (Å²) in [4.78, 5) is 38.4. The fraction of sp³-hybridized carbons (Fsp3) is 0.500. The van der Waals surface area contributed by atoms with Crippen molar-refractivity contribution in [2.24, 2.45) is 5.10 Å². The van der Waals surface area contributed by atoms with Crippen molar-refractivity contribution in [2.75, 3.05) is 18.1 Å². The highest BCUT2D eigenvalue weighted by Crippen LogP contribution is 2.26. The van der Waals surface area contributed by atoms with Crippen LogP contribution >= 0.6 is 0 Å². The van der Waals surface area contributed by atoms with Gasteiger partial charge in [0.2, 0.25) is 11.8 Å². The van der Waals surface area contributed by atoms with Crippen molar-refractivity contribution in [3.8, 4) is 0 Å². The van der Waals surface area contributed by atoms with E-state index in [2.05, 4.69) is 10.4 Å². The van der Waals surface area contributed by atoms with Crippen LogP contribution in [0.15, 0.2) is 23.3 Å². The summed E-state index contributed by atoms with van der Waals surface area (Å²) in [6.45, 7) is 6.50. The SMILES string of the molecule is CC(=O)NC1CCCN(C(=O)C2=NN(c3cc(C)ccc3C)C(=O)CC2)C1. The summed E-state index contributed by atoms with van der Waals surface area (Å²) in [6.07, 6.45) is 2.31. The first-order valence-corrected chi connectivity index (χ1v) is 9.39. The summed E-state index contributed by atoms with van der Waals surface area (Å²) in [7, 11) is 0. The molecule has 0 saturated carbocycles. The van der Waals surface area contributed by atoms with Crippen molar-refractivity contribution >= 4 is 29.1 Å². The average molecular weight is 370 g/mol. The molecule has 0 aromatic heterocycles. The van der Waals surface area contributed by atoms with Crippen LogP contribution in [0.2, 0.25) is 0 Å². The second-order valence-electron chi connectivity index (χ2n) is 7.33. The first-order valence-electron chi connectivity index (χ1n) is 9.39. The Morgan fingerprint density at radius 2 is 2.00 bits per heavy atom. The lowest BCUT2D eigenvalue weighted by Gasteiger charge is -2.34. The second kappa shape index (κ2) is 7.90. The number of hydrogen-bond acceptors (Lipinski definition) is 4. The lowest BCUT2D eigenvalue weighted by molar-refractivity contribution is -0.127. The number of rotatable bonds is 3. The van der Waals surface area contributed by atoms with Crippen molar-refractivity contribution in [1.29, 1.82) is 0 Å². The van der Waals surface area contributed by atoms with E-state index in [4.69, 9.17) is 0 Å². The van der Waals surface area contributed by atoms with E-state index in [0.29, 0.717) is 25.2 Å². The predicted octanol–water partition coefficient (Wildman–Crippen LogP) is 1.91. The quantitative estimate of drug-likeness (QED) is 0.882. The fourth-order valence-electron chi connectivity index (χ4n) is 3.59. The van der Waals surface area contributed by atoms with Gasteiger partial charge in [0.15, 0.2) is 0 Å². The van der Waals surface area contributed by atoms with Gasteiger partial charge in [0.1, 0.15) is 5.71 Å². The number of carbonyl (C=O) groups excluding carboxylic acids is 3. The third-order valence-corrected chi connectivity index (χ3v) is 4.99. The number of benzene rings is 1. The molecule has 3 rings (SSSR count). The minimum absolute atomic E-state index is 0.0267. The van der Waals surface area contributed by atoms with Crippen LogP contribution in [-0.4, -0.2) is 47.5 Å². The molecule has 1 aromatic rings. The molecule has 1 aromatic carbocycles. The molecule has 2 aliphatic rings. The minimum atomic E-state index is -0.146. The lowest BCUT2D eigenvalue weighted by Crippen LogP contribution is -2.51. The molecular formula is C20H26N4O3. The van der Waals surface area contributed by atoms with Crippen LogP contribution in [0.1, 0.15) is 43.7 Å². The second-order valence-corrected chi connectivity index (χ2v) is 7.33. The number of nitrogens with one attached hydrogen (secondary N) is 1. The van der Waals surface area contributed by atoms with Crippen molar-refractivity contribution in [2.45, 2.75) is 52.5 Å². The van der Waals surface area contributed by atoms with Gasteiger partial charge in [-0.25, -0.2) is 5.01 Å². The maximum atomic E-state index is 13.0. The first kappa shape index (κ1) is 19.1. The topological polar surface area (TPSA) is 82.1 Å². The normalized spacial score (nSPS) is 20.3. The number of nitrogens with zero attached hydrogens (tertiary/aromatic N) is 3. The molecule has 1 N–H and O–H groups in total. The summed E-state index contributed by atoms with van der Waals surface area (Å²) in [6, 6.07) is 5.82. The van der Waals surface area contributed by atoms with Gasteiger partial charge in [-0.1, -0.05) is 12.1 Å². The van der Waals surface area contributed by atoms with E-state index in [1.807, 2.05) is 32.0 Å². The fourth-order valence-corrected chi connectivity index (χ4v) is 3.59. The van der Waals surface area contributed by atoms with Gasteiger partial charge >= 0.3 is 0 Å². The lowest BCUT2D eigenvalue weighted by atomic mass is 10.0. The molecule has 7 heteroatoms. The number of amides is 3. The predicted molar refractivity (Wildman–Crippen MR) is 103 cm³/mol. The van der Waals surface area contributed by atoms with Gasteiger partial charge in [0.05, 0.1) is 5.69 Å². The van der Waals surface area contributed by atoms with Gasteiger partial charge in [0.25, 0.3) is 5.91 Å². The molecule has 1 fully saturated rings. The zero-order chi connectivity index (χ0) is 19.6. The Kier molecular flexibility index (Phi) is 5.58. The highest BCUT2D eigenvalue weighted by atomic mass is 16.2. The Labute approximate surface area is 159 Å². The monoisotopic (exact) mass is 370 g/mol. The van der Waals surface area contributed by atoms with E-state index in [0.717, 1.165) is 29.7 Å². The highest BCUT2D eigenvalue weighted by molar-refractivity contribution is 6.40. The summed E-state index contributed by atoms with van der Waals surface area (Å²) in [5, 5.41) is 8.68. The molecule has 3 amide bonds. The Bertz CT molecular complexity index is 802. The smallest absolute Gasteiger partial charge is 0.270 e. The Morgan fingerprint density at radius 3 is 2.74 bits per heavy atom. The van der Waals surface area contributed by atoms with E-state index in [9.17, 15) is 14.4 Å². The minimum Gasteiger partial charge on any atom is -0.352 e. The number of piperidine rings is 1. The maximum Gasteiger partial charge on any atom is 0.270 e. The number of likely N-dealkylation sites (tertiary alicyclic amines) is 1. The van der Waals surface area contributed by atoms with Crippen LogP contribution in [0, 0.1) is 13.8 Å². The van der Waals surface area contributed by atoms with Crippen LogP contribution in [0.4, 0.5) is 5.69 Å². The molecular weight excluding hydrogens is 344 g/mol. The van der Waals surface area contributed by atoms with Crippen molar-refractivity contribution in [1.82, 2.24) is 10.2 Å². The largest absolute Gasteiger partial charge is 0.352 e. The van der Waals surface area contributed by atoms with Gasteiger partial charge in [-0.3, -0.25) is 14.4 Å². The molecule has 2 heterocycles. The van der Waals surface area contributed by atoms with Gasteiger partial charge in [0, 0.05) is 38.9 Å².